The summed E-state index contributed by atoms with van der Waals surface area (Å²) in [6.45, 7) is 3.94. The molecule has 0 bridgehead atoms. The van der Waals surface area contributed by atoms with Crippen molar-refractivity contribution in [3.05, 3.63) is 71.5 Å². The molecule has 0 aliphatic heterocycles. The summed E-state index contributed by atoms with van der Waals surface area (Å²) in [6, 6.07) is 18.7. The van der Waals surface area contributed by atoms with E-state index in [2.05, 4.69) is 44.3 Å². The van der Waals surface area contributed by atoms with Gasteiger partial charge < -0.3 is 9.88 Å². The summed E-state index contributed by atoms with van der Waals surface area (Å²) in [4.78, 5) is 12.9. The fraction of sp³-hybridized carbons (Fsp3) is 0.400. The fourth-order valence-electron chi connectivity index (χ4n) is 4.15. The van der Waals surface area contributed by atoms with Gasteiger partial charge in [-0.2, -0.15) is 0 Å². The zero-order valence-electron chi connectivity index (χ0n) is 18.3. The average Bonchev–Trinajstić information content (AvgIpc) is 3.18. The second-order valence-corrected chi connectivity index (χ2v) is 9.60. The van der Waals surface area contributed by atoms with E-state index >= 15 is 0 Å². The van der Waals surface area contributed by atoms with Gasteiger partial charge in [-0.1, -0.05) is 79.6 Å². The normalized spacial score (nSPS) is 15.5. The third-order valence-corrected chi connectivity index (χ3v) is 6.99. The number of benzene rings is 2. The first-order valence-corrected chi connectivity index (χ1v) is 12.0. The van der Waals surface area contributed by atoms with Crippen LogP contribution < -0.4 is 5.32 Å². The molecule has 6 heteroatoms. The number of nitrogens with zero attached hydrogens (tertiary/aromatic N) is 3. The number of hydrogen-bond acceptors (Lipinski definition) is 4. The average molecular weight is 435 g/mol. The highest BCUT2D eigenvalue weighted by Gasteiger charge is 2.26. The van der Waals surface area contributed by atoms with Crippen LogP contribution in [0.2, 0.25) is 0 Å². The van der Waals surface area contributed by atoms with Gasteiger partial charge in [0.2, 0.25) is 5.91 Å². The molecule has 1 aliphatic carbocycles. The lowest BCUT2D eigenvalue weighted by atomic mass is 9.95. The van der Waals surface area contributed by atoms with Crippen LogP contribution in [-0.2, 0) is 11.2 Å². The number of aromatic nitrogens is 3. The lowest BCUT2D eigenvalue weighted by Gasteiger charge is -2.26. The number of thioether (sulfide) groups is 1. The number of carbonyl (C=O) groups is 1. The molecule has 4 rings (SSSR count). The van der Waals surface area contributed by atoms with Crippen LogP contribution in [0.3, 0.4) is 0 Å². The van der Waals surface area contributed by atoms with Gasteiger partial charge in [0.15, 0.2) is 5.16 Å². The first kappa shape index (κ1) is 21.6. The molecular weight excluding hydrogens is 404 g/mol. The molecular formula is C25H30N4OS. The van der Waals surface area contributed by atoms with Gasteiger partial charge in [0.25, 0.3) is 0 Å². The zero-order chi connectivity index (χ0) is 21.6. The van der Waals surface area contributed by atoms with Gasteiger partial charge in [-0.05, 0) is 43.9 Å². The lowest BCUT2D eigenvalue weighted by molar-refractivity contribution is -0.115. The highest BCUT2D eigenvalue weighted by molar-refractivity contribution is 8.00. The van der Waals surface area contributed by atoms with Crippen molar-refractivity contribution in [3.63, 3.8) is 0 Å². The van der Waals surface area contributed by atoms with Crippen LogP contribution in [0.25, 0.3) is 0 Å². The summed E-state index contributed by atoms with van der Waals surface area (Å²) < 4.78 is 2.31. The van der Waals surface area contributed by atoms with E-state index in [1.165, 1.54) is 36.6 Å². The zero-order valence-corrected chi connectivity index (χ0v) is 19.1. The Labute approximate surface area is 188 Å². The van der Waals surface area contributed by atoms with Crippen molar-refractivity contribution in [1.29, 1.82) is 0 Å². The number of para-hydroxylation sites is 1. The molecule has 2 aromatic carbocycles. The standard InChI is InChI=1S/C25H30N4OS/c1-18-11-9-10-16-22(18)26-24(30)19(2)31-25-28-27-23(17-20-12-5-3-6-13-20)29(25)21-14-7-4-8-15-21/h3,5-6,9-13,16,19,21H,4,7-8,14-15,17H2,1-2H3,(H,26,30)/t19-/m1/s1. The van der Waals surface area contributed by atoms with Gasteiger partial charge in [0, 0.05) is 18.2 Å². The third-order valence-electron chi connectivity index (χ3n) is 5.93. The molecule has 0 radical (unpaired) electrons. The Balaban J connectivity index is 1.54. The lowest BCUT2D eigenvalue weighted by Crippen LogP contribution is -2.24. The van der Waals surface area contributed by atoms with Crippen molar-refractivity contribution < 1.29 is 4.79 Å². The minimum atomic E-state index is -0.268. The van der Waals surface area contributed by atoms with Crippen molar-refractivity contribution in [1.82, 2.24) is 14.8 Å². The SMILES string of the molecule is Cc1ccccc1NC(=O)[C@@H](C)Sc1nnc(Cc2ccccc2)n1C1CCCCC1. The number of anilines is 1. The second kappa shape index (κ2) is 10.1. The number of nitrogens with one attached hydrogen (secondary N) is 1. The Morgan fingerprint density at radius 2 is 1.77 bits per heavy atom. The minimum Gasteiger partial charge on any atom is -0.325 e. The molecule has 5 nitrogen and oxygen atoms in total. The number of rotatable bonds is 7. The summed E-state index contributed by atoms with van der Waals surface area (Å²) in [5, 5.41) is 12.7. The summed E-state index contributed by atoms with van der Waals surface area (Å²) in [5.41, 5.74) is 3.15. The maximum atomic E-state index is 12.9. The third kappa shape index (κ3) is 5.37. The van der Waals surface area contributed by atoms with Gasteiger partial charge in [0.05, 0.1) is 5.25 Å². The van der Waals surface area contributed by atoms with E-state index in [0.29, 0.717) is 6.04 Å². The molecule has 31 heavy (non-hydrogen) atoms. The Kier molecular flexibility index (Phi) is 7.07. The van der Waals surface area contributed by atoms with E-state index in [9.17, 15) is 4.79 Å². The highest BCUT2D eigenvalue weighted by atomic mass is 32.2. The van der Waals surface area contributed by atoms with E-state index in [1.54, 1.807) is 0 Å². The van der Waals surface area contributed by atoms with Crippen LogP contribution >= 0.6 is 11.8 Å². The van der Waals surface area contributed by atoms with Gasteiger partial charge in [-0.3, -0.25) is 4.79 Å². The molecule has 1 saturated carbocycles. The van der Waals surface area contributed by atoms with Crippen LogP contribution in [-0.4, -0.2) is 25.9 Å². The first-order valence-electron chi connectivity index (χ1n) is 11.1. The van der Waals surface area contributed by atoms with Gasteiger partial charge in [-0.25, -0.2) is 0 Å². The van der Waals surface area contributed by atoms with Crippen LogP contribution in [0, 0.1) is 6.92 Å². The van der Waals surface area contributed by atoms with E-state index in [4.69, 9.17) is 0 Å². The van der Waals surface area contributed by atoms with E-state index in [0.717, 1.165) is 41.5 Å². The second-order valence-electron chi connectivity index (χ2n) is 8.29. The van der Waals surface area contributed by atoms with Crippen LogP contribution in [0.5, 0.6) is 0 Å². The molecule has 1 amide bonds. The fourth-order valence-corrected chi connectivity index (χ4v) is 5.09. The summed E-state index contributed by atoms with van der Waals surface area (Å²) >= 11 is 1.51. The maximum absolute atomic E-state index is 12.9. The monoisotopic (exact) mass is 434 g/mol. The smallest absolute Gasteiger partial charge is 0.237 e. The molecule has 0 spiro atoms. The number of carbonyl (C=O) groups excluding carboxylic acids is 1. The molecule has 3 aromatic rings. The minimum absolute atomic E-state index is 0.0119. The quantitative estimate of drug-likeness (QED) is 0.477. The molecule has 1 heterocycles. The van der Waals surface area contributed by atoms with E-state index in [1.807, 2.05) is 44.2 Å². The molecule has 1 aliphatic rings. The Morgan fingerprint density at radius 1 is 1.06 bits per heavy atom. The maximum Gasteiger partial charge on any atom is 0.237 e. The molecule has 0 saturated heterocycles. The predicted molar refractivity (Wildman–Crippen MR) is 127 cm³/mol. The largest absolute Gasteiger partial charge is 0.325 e. The van der Waals surface area contributed by atoms with Gasteiger partial charge in [-0.15, -0.1) is 10.2 Å². The van der Waals surface area contributed by atoms with Crippen LogP contribution in [0.4, 0.5) is 5.69 Å². The van der Waals surface area contributed by atoms with Gasteiger partial charge >= 0.3 is 0 Å². The predicted octanol–water partition coefficient (Wildman–Crippen LogP) is 5.80. The van der Waals surface area contributed by atoms with Crippen LogP contribution in [0.1, 0.15) is 62.0 Å². The first-order chi connectivity index (χ1) is 15.1. The van der Waals surface area contributed by atoms with Gasteiger partial charge in [0.1, 0.15) is 5.82 Å². The number of aryl methyl sites for hydroxylation is 1. The summed E-state index contributed by atoms with van der Waals surface area (Å²) in [7, 11) is 0. The van der Waals surface area contributed by atoms with Crippen molar-refractivity contribution >= 4 is 23.4 Å². The van der Waals surface area contributed by atoms with Crippen molar-refractivity contribution in [2.75, 3.05) is 5.32 Å². The topological polar surface area (TPSA) is 59.8 Å². The molecule has 1 atom stereocenters. The molecule has 1 aromatic heterocycles. The molecule has 1 fully saturated rings. The van der Waals surface area contributed by atoms with Crippen molar-refractivity contribution in [2.45, 2.75) is 68.8 Å². The van der Waals surface area contributed by atoms with E-state index in [-0.39, 0.29) is 11.2 Å². The van der Waals surface area contributed by atoms with Crippen LogP contribution in [0.15, 0.2) is 59.8 Å². The van der Waals surface area contributed by atoms with Crippen molar-refractivity contribution in [3.8, 4) is 0 Å². The van der Waals surface area contributed by atoms with Crippen molar-refractivity contribution in [2.24, 2.45) is 0 Å². The Morgan fingerprint density at radius 3 is 2.52 bits per heavy atom. The van der Waals surface area contributed by atoms with E-state index < -0.39 is 0 Å². The summed E-state index contributed by atoms with van der Waals surface area (Å²) in [5.74, 6) is 0.981. The Bertz CT molecular complexity index is 1010. The number of amides is 1. The number of hydrogen-bond donors (Lipinski definition) is 1. The Hall–Kier alpha value is -2.60. The molecule has 0 unspecified atom stereocenters. The summed E-state index contributed by atoms with van der Waals surface area (Å²) in [6.07, 6.45) is 6.83. The highest BCUT2D eigenvalue weighted by Crippen LogP contribution is 2.34. The molecule has 1 N–H and O–H groups in total. The molecule has 162 valence electrons.